The molecule has 1 saturated carbocycles. The van der Waals surface area contributed by atoms with E-state index in [4.69, 9.17) is 4.74 Å². The Balaban J connectivity index is 1.62. The molecule has 1 atom stereocenters. The first-order chi connectivity index (χ1) is 15.0. The molecule has 2 aliphatic rings. The molecule has 2 aromatic rings. The van der Waals surface area contributed by atoms with Gasteiger partial charge < -0.3 is 10.1 Å². The summed E-state index contributed by atoms with van der Waals surface area (Å²) in [5, 5.41) is 3.02. The normalized spacial score (nSPS) is 21.1. The number of anilines is 1. The molecule has 1 N–H and O–H groups in total. The molecule has 4 rings (SSSR count). The zero-order valence-electron chi connectivity index (χ0n) is 17.8. The van der Waals surface area contributed by atoms with Crippen molar-refractivity contribution < 1.29 is 17.9 Å². The lowest BCUT2D eigenvalue weighted by molar-refractivity contribution is -0.123. The Labute approximate surface area is 183 Å². The molecule has 8 heteroatoms. The highest BCUT2D eigenvalue weighted by Gasteiger charge is 2.53. The van der Waals surface area contributed by atoms with E-state index in [1.165, 1.54) is 10.5 Å². The van der Waals surface area contributed by atoms with Crippen LogP contribution in [0.25, 0.3) is 0 Å². The number of amides is 1. The Morgan fingerprint density at radius 2 is 1.97 bits per heavy atom. The van der Waals surface area contributed by atoms with Gasteiger partial charge in [0.05, 0.1) is 18.2 Å². The molecule has 31 heavy (non-hydrogen) atoms. The predicted molar refractivity (Wildman–Crippen MR) is 118 cm³/mol. The average molecular weight is 444 g/mol. The van der Waals surface area contributed by atoms with Crippen LogP contribution in [0.15, 0.2) is 53.7 Å². The highest BCUT2D eigenvalue weighted by molar-refractivity contribution is 7.89. The summed E-state index contributed by atoms with van der Waals surface area (Å²) in [6.07, 6.45) is 7.79. The van der Waals surface area contributed by atoms with Crippen molar-refractivity contribution in [2.75, 3.05) is 25.0 Å². The lowest BCUT2D eigenvalue weighted by atomic mass is 9.67. The van der Waals surface area contributed by atoms with Crippen molar-refractivity contribution in [2.45, 2.75) is 43.9 Å². The van der Waals surface area contributed by atoms with Crippen molar-refractivity contribution in [3.05, 3.63) is 48.8 Å². The van der Waals surface area contributed by atoms with Crippen molar-refractivity contribution in [3.63, 3.8) is 0 Å². The van der Waals surface area contributed by atoms with Crippen LogP contribution in [-0.4, -0.2) is 43.3 Å². The number of hydrogen-bond acceptors (Lipinski definition) is 5. The summed E-state index contributed by atoms with van der Waals surface area (Å²) >= 11 is 0. The van der Waals surface area contributed by atoms with Gasteiger partial charge in [-0.15, -0.1) is 0 Å². The van der Waals surface area contributed by atoms with Crippen molar-refractivity contribution in [1.29, 1.82) is 0 Å². The van der Waals surface area contributed by atoms with Gasteiger partial charge in [-0.3, -0.25) is 9.78 Å². The average Bonchev–Trinajstić information content (AvgIpc) is 3.16. The molecule has 1 aromatic carbocycles. The molecule has 0 bridgehead atoms. The summed E-state index contributed by atoms with van der Waals surface area (Å²) in [4.78, 5) is 17.6. The number of ether oxygens (including phenoxy) is 1. The number of carbonyl (C=O) groups excluding carboxylic acids is 1. The Hall–Kier alpha value is -2.45. The number of nitrogens with zero attached hydrogens (tertiary/aromatic N) is 2. The van der Waals surface area contributed by atoms with Crippen LogP contribution in [0.5, 0.6) is 5.75 Å². The van der Waals surface area contributed by atoms with Gasteiger partial charge in [0.2, 0.25) is 15.9 Å². The minimum absolute atomic E-state index is 0.141. The van der Waals surface area contributed by atoms with Crippen LogP contribution >= 0.6 is 0 Å². The molecular formula is C23H29N3O4S. The molecule has 1 amide bonds. The number of sulfonamides is 1. The molecule has 7 nitrogen and oxygen atoms in total. The number of para-hydroxylation sites is 2. The lowest BCUT2D eigenvalue weighted by Gasteiger charge is -2.37. The first-order valence-electron chi connectivity index (χ1n) is 10.9. The first-order valence-corrected chi connectivity index (χ1v) is 12.3. The molecule has 1 spiro atoms. The second kappa shape index (κ2) is 8.96. The van der Waals surface area contributed by atoms with Crippen LogP contribution < -0.4 is 10.1 Å². The van der Waals surface area contributed by atoms with E-state index < -0.39 is 15.9 Å². The van der Waals surface area contributed by atoms with E-state index >= 15 is 0 Å². The number of hydrogen-bond donors (Lipinski definition) is 1. The summed E-state index contributed by atoms with van der Waals surface area (Å²) in [6.45, 7) is 2.94. The Morgan fingerprint density at radius 3 is 2.68 bits per heavy atom. The van der Waals surface area contributed by atoms with E-state index in [-0.39, 0.29) is 22.8 Å². The van der Waals surface area contributed by atoms with Gasteiger partial charge in [0, 0.05) is 25.5 Å². The molecular weight excluding hydrogens is 414 g/mol. The third-order valence-electron chi connectivity index (χ3n) is 6.50. The lowest BCUT2D eigenvalue weighted by Crippen LogP contribution is -2.39. The number of nitrogens with one attached hydrogen (secondary N) is 1. The van der Waals surface area contributed by atoms with Crippen LogP contribution in [0.1, 0.15) is 39.0 Å². The fraction of sp³-hybridized carbons (Fsp3) is 0.478. The second-order valence-corrected chi connectivity index (χ2v) is 10.3. The summed E-state index contributed by atoms with van der Waals surface area (Å²) in [5.41, 5.74) is 0.284. The molecule has 1 aliphatic heterocycles. The van der Waals surface area contributed by atoms with Gasteiger partial charge in [-0.25, -0.2) is 8.42 Å². The zero-order valence-corrected chi connectivity index (χ0v) is 18.6. The van der Waals surface area contributed by atoms with Gasteiger partial charge in [-0.1, -0.05) is 31.4 Å². The second-order valence-electron chi connectivity index (χ2n) is 8.38. The third kappa shape index (κ3) is 4.32. The van der Waals surface area contributed by atoms with Crippen LogP contribution in [0.2, 0.25) is 0 Å². The first kappa shape index (κ1) is 21.8. The maximum Gasteiger partial charge on any atom is 0.244 e. The summed E-state index contributed by atoms with van der Waals surface area (Å²) in [7, 11) is -3.70. The summed E-state index contributed by atoms with van der Waals surface area (Å²) in [5.74, 6) is 0.0701. The predicted octanol–water partition coefficient (Wildman–Crippen LogP) is 3.69. The fourth-order valence-corrected chi connectivity index (χ4v) is 6.46. The molecule has 1 aromatic heterocycles. The Bertz CT molecular complexity index is 1020. The molecule has 1 unspecified atom stereocenters. The largest absolute Gasteiger partial charge is 0.492 e. The molecule has 0 radical (unpaired) electrons. The number of benzene rings is 1. The number of carbonyl (C=O) groups is 1. The summed E-state index contributed by atoms with van der Waals surface area (Å²) in [6, 6.07) is 10.5. The van der Waals surface area contributed by atoms with Gasteiger partial charge in [-0.2, -0.15) is 4.31 Å². The van der Waals surface area contributed by atoms with Crippen molar-refractivity contribution >= 4 is 21.6 Å². The SMILES string of the molecule is CCOc1ccccc1NC(=O)C1CN(S(=O)(=O)c2cccnc2)CC12CCCCC2. The Kier molecular flexibility index (Phi) is 6.29. The van der Waals surface area contributed by atoms with Crippen molar-refractivity contribution in [2.24, 2.45) is 11.3 Å². The van der Waals surface area contributed by atoms with Crippen molar-refractivity contribution in [3.8, 4) is 5.75 Å². The number of rotatable bonds is 6. The fourth-order valence-electron chi connectivity index (χ4n) is 4.95. The quantitative estimate of drug-likeness (QED) is 0.736. The minimum Gasteiger partial charge on any atom is -0.492 e. The van der Waals surface area contributed by atoms with Crippen LogP contribution in [0, 0.1) is 11.3 Å². The maximum atomic E-state index is 13.5. The monoisotopic (exact) mass is 443 g/mol. The minimum atomic E-state index is -3.70. The molecule has 2 heterocycles. The van der Waals surface area contributed by atoms with Crippen LogP contribution in [0.3, 0.4) is 0 Å². The van der Waals surface area contributed by atoms with Gasteiger partial charge >= 0.3 is 0 Å². The number of pyridine rings is 1. The highest BCUT2D eigenvalue weighted by Crippen LogP contribution is 2.49. The molecule has 2 fully saturated rings. The third-order valence-corrected chi connectivity index (χ3v) is 8.29. The van der Waals surface area contributed by atoms with Gasteiger partial charge in [0.15, 0.2) is 0 Å². The van der Waals surface area contributed by atoms with Gasteiger partial charge in [0.25, 0.3) is 0 Å². The van der Waals surface area contributed by atoms with E-state index in [2.05, 4.69) is 10.3 Å². The van der Waals surface area contributed by atoms with E-state index in [0.29, 0.717) is 24.6 Å². The number of aromatic nitrogens is 1. The zero-order chi connectivity index (χ0) is 21.9. The summed E-state index contributed by atoms with van der Waals surface area (Å²) < 4.78 is 33.6. The molecule has 1 aliphatic carbocycles. The molecule has 1 saturated heterocycles. The van der Waals surface area contributed by atoms with E-state index in [9.17, 15) is 13.2 Å². The van der Waals surface area contributed by atoms with Crippen LogP contribution in [-0.2, 0) is 14.8 Å². The van der Waals surface area contributed by atoms with Gasteiger partial charge in [0.1, 0.15) is 10.6 Å². The van der Waals surface area contributed by atoms with Crippen molar-refractivity contribution in [1.82, 2.24) is 9.29 Å². The topological polar surface area (TPSA) is 88.6 Å². The highest BCUT2D eigenvalue weighted by atomic mass is 32.2. The maximum absolute atomic E-state index is 13.5. The standard InChI is InChI=1S/C23H29N3O4S/c1-2-30-21-11-5-4-10-20(21)25-22(27)19-16-26(17-23(19)12-6-3-7-13-23)31(28,29)18-9-8-14-24-15-18/h4-5,8-11,14-15,19H,2-3,6-7,12-13,16-17H2,1H3,(H,25,27). The smallest absolute Gasteiger partial charge is 0.244 e. The van der Waals surface area contributed by atoms with E-state index in [0.717, 1.165) is 32.1 Å². The van der Waals surface area contributed by atoms with E-state index in [1.807, 2.05) is 31.2 Å². The van der Waals surface area contributed by atoms with Gasteiger partial charge in [-0.05, 0) is 49.4 Å². The molecule has 166 valence electrons. The van der Waals surface area contributed by atoms with Crippen LogP contribution in [0.4, 0.5) is 5.69 Å². The Morgan fingerprint density at radius 1 is 1.19 bits per heavy atom. The van der Waals surface area contributed by atoms with E-state index in [1.54, 1.807) is 18.3 Å².